The van der Waals surface area contributed by atoms with E-state index < -0.39 is 0 Å². The van der Waals surface area contributed by atoms with E-state index in [1.807, 2.05) is 0 Å². The van der Waals surface area contributed by atoms with E-state index in [1.54, 1.807) is 24.3 Å². The second-order valence-corrected chi connectivity index (χ2v) is 6.92. The molecule has 3 amide bonds. The number of nitrogens with one attached hydrogen (secondary N) is 1. The first-order chi connectivity index (χ1) is 12.6. The van der Waals surface area contributed by atoms with Crippen molar-refractivity contribution in [3.8, 4) is 0 Å². The first-order valence-corrected chi connectivity index (χ1v) is 9.87. The number of benzene rings is 1. The average molecular weight is 358 g/mol. The first-order valence-electron chi connectivity index (χ1n) is 9.87. The summed E-state index contributed by atoms with van der Waals surface area (Å²) < 4.78 is 0. The maximum absolute atomic E-state index is 12.2. The highest BCUT2D eigenvalue weighted by Crippen LogP contribution is 2.21. The van der Waals surface area contributed by atoms with Gasteiger partial charge in [-0.25, -0.2) is 0 Å². The number of amides is 3. The number of fused-ring (bicyclic) bond motifs is 1. The number of unbranched alkanes of at least 4 members (excludes halogenated alkanes) is 8. The molecule has 0 spiro atoms. The third-order valence-electron chi connectivity index (χ3n) is 4.78. The SMILES string of the molecule is CCCCCCCCCCCNC(=O)CN1C(=O)c2ccccc2C1=O. The topological polar surface area (TPSA) is 66.5 Å². The van der Waals surface area contributed by atoms with Gasteiger partial charge in [0.1, 0.15) is 6.54 Å². The van der Waals surface area contributed by atoms with Crippen molar-refractivity contribution in [3.05, 3.63) is 35.4 Å². The van der Waals surface area contributed by atoms with Gasteiger partial charge in [0.15, 0.2) is 0 Å². The summed E-state index contributed by atoms with van der Waals surface area (Å²) in [7, 11) is 0. The Balaban J connectivity index is 1.57. The molecule has 1 heterocycles. The molecule has 0 fully saturated rings. The van der Waals surface area contributed by atoms with Gasteiger partial charge in [0.05, 0.1) is 11.1 Å². The van der Waals surface area contributed by atoms with Crippen molar-refractivity contribution in [1.29, 1.82) is 0 Å². The van der Waals surface area contributed by atoms with Crippen molar-refractivity contribution >= 4 is 17.7 Å². The molecule has 0 atom stereocenters. The zero-order valence-corrected chi connectivity index (χ0v) is 15.8. The van der Waals surface area contributed by atoms with Crippen LogP contribution in [0.1, 0.15) is 85.4 Å². The zero-order chi connectivity index (χ0) is 18.8. The van der Waals surface area contributed by atoms with Gasteiger partial charge in [0.25, 0.3) is 11.8 Å². The van der Waals surface area contributed by atoms with Gasteiger partial charge in [0, 0.05) is 6.54 Å². The molecule has 0 saturated carbocycles. The van der Waals surface area contributed by atoms with Crippen LogP contribution in [0.2, 0.25) is 0 Å². The van der Waals surface area contributed by atoms with Gasteiger partial charge in [-0.2, -0.15) is 0 Å². The molecule has 26 heavy (non-hydrogen) atoms. The lowest BCUT2D eigenvalue weighted by Gasteiger charge is -2.13. The van der Waals surface area contributed by atoms with Crippen molar-refractivity contribution in [2.75, 3.05) is 13.1 Å². The summed E-state index contributed by atoms with van der Waals surface area (Å²) in [5.41, 5.74) is 0.758. The summed E-state index contributed by atoms with van der Waals surface area (Å²) in [6, 6.07) is 6.68. The Bertz CT molecular complexity index is 592. The van der Waals surface area contributed by atoms with Crippen LogP contribution in [0.25, 0.3) is 0 Å². The standard InChI is InChI=1S/C21H30N2O3/c1-2-3-4-5-6-7-8-9-12-15-22-19(24)16-23-20(25)17-13-10-11-14-18(17)21(23)26/h10-11,13-14H,2-9,12,15-16H2,1H3,(H,22,24). The van der Waals surface area contributed by atoms with Crippen LogP contribution in [0.15, 0.2) is 24.3 Å². The first kappa shape index (κ1) is 20.1. The number of nitrogens with zero attached hydrogens (tertiary/aromatic N) is 1. The van der Waals surface area contributed by atoms with Crippen molar-refractivity contribution in [3.63, 3.8) is 0 Å². The van der Waals surface area contributed by atoms with E-state index in [0.717, 1.165) is 17.7 Å². The number of imide groups is 1. The largest absolute Gasteiger partial charge is 0.355 e. The summed E-state index contributed by atoms with van der Waals surface area (Å²) in [5.74, 6) is -1.05. The average Bonchev–Trinajstić information content (AvgIpc) is 2.88. The lowest BCUT2D eigenvalue weighted by molar-refractivity contribution is -0.121. The Labute approximate surface area is 156 Å². The molecule has 0 bridgehead atoms. The Hall–Kier alpha value is -2.17. The molecule has 0 radical (unpaired) electrons. The minimum Gasteiger partial charge on any atom is -0.355 e. The molecule has 0 aliphatic carbocycles. The zero-order valence-electron chi connectivity index (χ0n) is 15.8. The number of hydrogen-bond acceptors (Lipinski definition) is 3. The van der Waals surface area contributed by atoms with Crippen LogP contribution in [-0.2, 0) is 4.79 Å². The van der Waals surface area contributed by atoms with E-state index in [0.29, 0.717) is 17.7 Å². The molecule has 2 rings (SSSR count). The highest BCUT2D eigenvalue weighted by molar-refractivity contribution is 6.22. The van der Waals surface area contributed by atoms with Gasteiger partial charge < -0.3 is 5.32 Å². The molecular formula is C21H30N2O3. The van der Waals surface area contributed by atoms with Crippen LogP contribution >= 0.6 is 0 Å². The van der Waals surface area contributed by atoms with E-state index in [9.17, 15) is 14.4 Å². The van der Waals surface area contributed by atoms with Gasteiger partial charge in [0.2, 0.25) is 5.91 Å². The molecule has 0 saturated heterocycles. The van der Waals surface area contributed by atoms with E-state index in [2.05, 4.69) is 12.2 Å². The number of rotatable bonds is 12. The van der Waals surface area contributed by atoms with Crippen LogP contribution < -0.4 is 5.32 Å². The summed E-state index contributed by atoms with van der Waals surface area (Å²) in [6.45, 7) is 2.62. The molecule has 1 aromatic carbocycles. The maximum Gasteiger partial charge on any atom is 0.262 e. The highest BCUT2D eigenvalue weighted by Gasteiger charge is 2.36. The number of carbonyl (C=O) groups is 3. The van der Waals surface area contributed by atoms with Crippen LogP contribution in [0, 0.1) is 0 Å². The second-order valence-electron chi connectivity index (χ2n) is 6.92. The Morgan fingerprint density at radius 3 is 1.88 bits per heavy atom. The normalized spacial score (nSPS) is 13.2. The van der Waals surface area contributed by atoms with Gasteiger partial charge in [-0.3, -0.25) is 19.3 Å². The number of hydrogen-bond donors (Lipinski definition) is 1. The summed E-state index contributed by atoms with van der Waals surface area (Å²) in [5, 5.41) is 2.81. The van der Waals surface area contributed by atoms with E-state index in [1.165, 1.54) is 44.9 Å². The lowest BCUT2D eigenvalue weighted by Crippen LogP contribution is -2.40. The molecule has 5 heteroatoms. The highest BCUT2D eigenvalue weighted by atomic mass is 16.2. The van der Waals surface area contributed by atoms with Crippen molar-refractivity contribution in [2.24, 2.45) is 0 Å². The van der Waals surface area contributed by atoms with Crippen molar-refractivity contribution < 1.29 is 14.4 Å². The van der Waals surface area contributed by atoms with Gasteiger partial charge in [-0.1, -0.05) is 70.4 Å². The monoisotopic (exact) mass is 358 g/mol. The molecule has 0 unspecified atom stereocenters. The van der Waals surface area contributed by atoms with E-state index in [4.69, 9.17) is 0 Å². The number of carbonyl (C=O) groups excluding carboxylic acids is 3. The van der Waals surface area contributed by atoms with Crippen LogP contribution in [0.5, 0.6) is 0 Å². The van der Waals surface area contributed by atoms with Crippen molar-refractivity contribution in [1.82, 2.24) is 10.2 Å². The summed E-state index contributed by atoms with van der Waals surface area (Å²) in [6.07, 6.45) is 11.1. The summed E-state index contributed by atoms with van der Waals surface area (Å²) >= 11 is 0. The third kappa shape index (κ3) is 5.68. The van der Waals surface area contributed by atoms with Gasteiger partial charge >= 0.3 is 0 Å². The maximum atomic E-state index is 12.2. The predicted molar refractivity (Wildman–Crippen MR) is 102 cm³/mol. The smallest absolute Gasteiger partial charge is 0.262 e. The molecular weight excluding hydrogens is 328 g/mol. The molecule has 0 aromatic heterocycles. The fourth-order valence-corrected chi connectivity index (χ4v) is 3.25. The minimum atomic E-state index is -0.385. The molecule has 1 aliphatic rings. The molecule has 1 aromatic rings. The second kappa shape index (κ2) is 10.7. The van der Waals surface area contributed by atoms with Gasteiger partial charge in [-0.15, -0.1) is 0 Å². The van der Waals surface area contributed by atoms with Gasteiger partial charge in [-0.05, 0) is 18.6 Å². The Morgan fingerprint density at radius 2 is 1.35 bits per heavy atom. The van der Waals surface area contributed by atoms with Crippen LogP contribution in [-0.4, -0.2) is 35.7 Å². The van der Waals surface area contributed by atoms with E-state index >= 15 is 0 Å². The van der Waals surface area contributed by atoms with Crippen LogP contribution in [0.3, 0.4) is 0 Å². The Morgan fingerprint density at radius 1 is 0.846 bits per heavy atom. The fourth-order valence-electron chi connectivity index (χ4n) is 3.25. The minimum absolute atomic E-state index is 0.205. The third-order valence-corrected chi connectivity index (χ3v) is 4.78. The molecule has 1 aliphatic heterocycles. The fraction of sp³-hybridized carbons (Fsp3) is 0.571. The molecule has 142 valence electrons. The molecule has 1 N–H and O–H groups in total. The van der Waals surface area contributed by atoms with E-state index in [-0.39, 0.29) is 24.3 Å². The predicted octanol–water partition coefficient (Wildman–Crippen LogP) is 3.93. The van der Waals surface area contributed by atoms with Crippen LogP contribution in [0.4, 0.5) is 0 Å². The quantitative estimate of drug-likeness (QED) is 0.455. The molecule has 5 nitrogen and oxygen atoms in total. The Kier molecular flexibility index (Phi) is 8.32. The lowest BCUT2D eigenvalue weighted by atomic mass is 10.1. The summed E-state index contributed by atoms with van der Waals surface area (Å²) in [4.78, 5) is 37.5. The van der Waals surface area contributed by atoms with Crippen molar-refractivity contribution in [2.45, 2.75) is 64.7 Å².